The molecule has 2 aliphatic rings. The Morgan fingerprint density at radius 1 is 1.14 bits per heavy atom. The molecule has 1 atom stereocenters. The number of hydrogen-bond donors (Lipinski definition) is 0. The second kappa shape index (κ2) is 6.36. The average Bonchev–Trinajstić information content (AvgIpc) is 3.27. The smallest absolute Gasteiger partial charge is 0.431 e. The molecule has 0 fully saturated rings. The summed E-state index contributed by atoms with van der Waals surface area (Å²) in [4.78, 5) is 3.84. The first-order valence-electron chi connectivity index (χ1n) is 8.12. The minimum Gasteiger partial charge on any atom is -0.454 e. The number of nitrogens with zero attached hydrogens (tertiary/aromatic N) is 3. The molecular weight excluding hydrogens is 399 g/mol. The van der Waals surface area contributed by atoms with Crippen molar-refractivity contribution in [1.82, 2.24) is 4.98 Å². The van der Waals surface area contributed by atoms with Crippen LogP contribution >= 0.6 is 0 Å². The molecule has 148 valence electrons. The number of aromatic nitrogens is 1. The Labute approximate surface area is 158 Å². The molecule has 1 unspecified atom stereocenters. The molecule has 2 aliphatic heterocycles. The van der Waals surface area contributed by atoms with E-state index in [0.717, 1.165) is 6.26 Å². The Morgan fingerprint density at radius 3 is 2.54 bits per heavy atom. The zero-order chi connectivity index (χ0) is 20.1. The molecule has 0 radical (unpaired) electrons. The van der Waals surface area contributed by atoms with E-state index in [1.165, 1.54) is 23.3 Å². The summed E-state index contributed by atoms with van der Waals surface area (Å²) in [6.45, 7) is 0.0499. The first kappa shape index (κ1) is 18.5. The highest BCUT2D eigenvalue weighted by Crippen LogP contribution is 2.42. The van der Waals surface area contributed by atoms with E-state index in [-0.39, 0.29) is 23.9 Å². The topological polar surface area (TPSA) is 81.1 Å². The van der Waals surface area contributed by atoms with Crippen molar-refractivity contribution in [3.63, 3.8) is 0 Å². The van der Waals surface area contributed by atoms with Gasteiger partial charge in [0.25, 0.3) is 0 Å². The van der Waals surface area contributed by atoms with Crippen LogP contribution in [0.15, 0.2) is 46.7 Å². The summed E-state index contributed by atoms with van der Waals surface area (Å²) in [6.07, 6.45) is -2.75. The first-order valence-corrected chi connectivity index (χ1v) is 10.0. The third-order valence-corrected chi connectivity index (χ3v) is 5.39. The van der Waals surface area contributed by atoms with Crippen molar-refractivity contribution in [2.24, 2.45) is 5.10 Å². The van der Waals surface area contributed by atoms with E-state index < -0.39 is 27.8 Å². The predicted octanol–water partition coefficient (Wildman–Crippen LogP) is 3.08. The molecule has 28 heavy (non-hydrogen) atoms. The molecule has 0 bridgehead atoms. The average molecular weight is 413 g/mol. The summed E-state index contributed by atoms with van der Waals surface area (Å²) >= 11 is 0. The lowest BCUT2D eigenvalue weighted by Gasteiger charge is -2.24. The number of fused-ring (bicyclic) bond motifs is 1. The van der Waals surface area contributed by atoms with E-state index in [2.05, 4.69) is 10.1 Å². The van der Waals surface area contributed by atoms with Gasteiger partial charge in [0.15, 0.2) is 26.4 Å². The third-order valence-electron chi connectivity index (χ3n) is 4.38. The second-order valence-electron chi connectivity index (χ2n) is 6.35. The molecule has 0 saturated heterocycles. The highest BCUT2D eigenvalue weighted by Gasteiger charge is 2.44. The van der Waals surface area contributed by atoms with E-state index in [9.17, 15) is 21.6 Å². The SMILES string of the molecule is CS(=O)(=O)c1ccc(N2N=C(C(F)(F)F)CC2c2ccc3c(c2)OCO3)cn1. The van der Waals surface area contributed by atoms with Crippen molar-refractivity contribution in [1.29, 1.82) is 0 Å². The van der Waals surface area contributed by atoms with Gasteiger partial charge in [-0.15, -0.1) is 0 Å². The van der Waals surface area contributed by atoms with Gasteiger partial charge >= 0.3 is 6.18 Å². The number of halogens is 3. The Balaban J connectivity index is 1.73. The number of anilines is 1. The van der Waals surface area contributed by atoms with Gasteiger partial charge in [-0.25, -0.2) is 13.4 Å². The molecule has 0 N–H and O–H groups in total. The Hall–Kier alpha value is -2.82. The Bertz CT molecular complexity index is 1050. The fraction of sp³-hybridized carbons (Fsp3) is 0.294. The maximum atomic E-state index is 13.3. The summed E-state index contributed by atoms with van der Waals surface area (Å²) in [5, 5.41) is 4.76. The summed E-state index contributed by atoms with van der Waals surface area (Å²) in [5.41, 5.74) is -0.129. The molecule has 0 amide bonds. The van der Waals surface area contributed by atoms with Crippen molar-refractivity contribution >= 4 is 21.2 Å². The predicted molar refractivity (Wildman–Crippen MR) is 93.2 cm³/mol. The largest absolute Gasteiger partial charge is 0.454 e. The molecule has 3 heterocycles. The fourth-order valence-corrected chi connectivity index (χ4v) is 3.59. The number of benzene rings is 1. The molecule has 0 aliphatic carbocycles. The lowest BCUT2D eigenvalue weighted by molar-refractivity contribution is -0.0600. The lowest BCUT2D eigenvalue weighted by atomic mass is 10.0. The van der Waals surface area contributed by atoms with Crippen LogP contribution in [0.1, 0.15) is 18.0 Å². The van der Waals surface area contributed by atoms with Crippen LogP contribution in [0.3, 0.4) is 0 Å². The number of ether oxygens (including phenoxy) is 2. The highest BCUT2D eigenvalue weighted by atomic mass is 32.2. The third kappa shape index (κ3) is 3.37. The van der Waals surface area contributed by atoms with Crippen molar-refractivity contribution in [2.75, 3.05) is 18.1 Å². The number of hydrogen-bond acceptors (Lipinski definition) is 7. The van der Waals surface area contributed by atoms with Gasteiger partial charge < -0.3 is 9.47 Å². The zero-order valence-corrected chi connectivity index (χ0v) is 15.3. The van der Waals surface area contributed by atoms with Crippen LogP contribution in [-0.4, -0.2) is 38.3 Å². The molecule has 11 heteroatoms. The van der Waals surface area contributed by atoms with Crippen LogP contribution in [0.2, 0.25) is 0 Å². The van der Waals surface area contributed by atoms with Gasteiger partial charge in [0.05, 0.1) is 17.9 Å². The van der Waals surface area contributed by atoms with Gasteiger partial charge in [-0.2, -0.15) is 18.3 Å². The number of rotatable bonds is 3. The number of hydrazone groups is 1. The standard InChI is InChI=1S/C17H14F3N3O4S/c1-28(24,25)16-5-3-11(8-21-16)23-12(7-15(22-23)17(18,19)20)10-2-4-13-14(6-10)27-9-26-13/h2-6,8,12H,7,9H2,1H3. The molecule has 0 spiro atoms. The first-order chi connectivity index (χ1) is 13.1. The van der Waals surface area contributed by atoms with Crippen LogP contribution in [0.4, 0.5) is 18.9 Å². The van der Waals surface area contributed by atoms with E-state index in [0.29, 0.717) is 17.1 Å². The molecule has 2 aromatic rings. The monoisotopic (exact) mass is 413 g/mol. The van der Waals surface area contributed by atoms with Gasteiger partial charge in [-0.05, 0) is 29.8 Å². The molecule has 1 aromatic carbocycles. The van der Waals surface area contributed by atoms with E-state index in [4.69, 9.17) is 9.47 Å². The van der Waals surface area contributed by atoms with Crippen molar-refractivity contribution in [2.45, 2.75) is 23.7 Å². The van der Waals surface area contributed by atoms with Gasteiger partial charge in [0, 0.05) is 12.7 Å². The van der Waals surface area contributed by atoms with Crippen LogP contribution in [0, 0.1) is 0 Å². The normalized spacial score (nSPS) is 19.1. The molecule has 0 saturated carbocycles. The van der Waals surface area contributed by atoms with Crippen molar-refractivity contribution in [3.05, 3.63) is 42.1 Å². The van der Waals surface area contributed by atoms with Crippen molar-refractivity contribution in [3.8, 4) is 11.5 Å². The maximum Gasteiger partial charge on any atom is 0.431 e. The summed E-state index contributed by atoms with van der Waals surface area (Å²) in [7, 11) is -3.53. The van der Waals surface area contributed by atoms with Gasteiger partial charge in [0.1, 0.15) is 5.71 Å². The minimum absolute atomic E-state index is 0.0499. The van der Waals surface area contributed by atoms with Gasteiger partial charge in [0.2, 0.25) is 6.79 Å². The van der Waals surface area contributed by atoms with Crippen LogP contribution in [-0.2, 0) is 9.84 Å². The van der Waals surface area contributed by atoms with Crippen LogP contribution < -0.4 is 14.5 Å². The van der Waals surface area contributed by atoms with Crippen LogP contribution in [0.25, 0.3) is 0 Å². The van der Waals surface area contributed by atoms with Crippen molar-refractivity contribution < 1.29 is 31.1 Å². The Kier molecular flexibility index (Phi) is 4.21. The number of sulfone groups is 1. The number of alkyl halides is 3. The van der Waals surface area contributed by atoms with Crippen LogP contribution in [0.5, 0.6) is 11.5 Å². The van der Waals surface area contributed by atoms with E-state index in [1.807, 2.05) is 0 Å². The quantitative estimate of drug-likeness (QED) is 0.769. The molecule has 1 aromatic heterocycles. The molecular formula is C17H14F3N3O4S. The molecule has 7 nitrogen and oxygen atoms in total. The second-order valence-corrected chi connectivity index (χ2v) is 8.31. The van der Waals surface area contributed by atoms with Gasteiger partial charge in [-0.3, -0.25) is 5.01 Å². The number of pyridine rings is 1. The molecule has 4 rings (SSSR count). The zero-order valence-electron chi connectivity index (χ0n) is 14.5. The van der Waals surface area contributed by atoms with Gasteiger partial charge in [-0.1, -0.05) is 6.07 Å². The highest BCUT2D eigenvalue weighted by molar-refractivity contribution is 7.90. The summed E-state index contributed by atoms with van der Waals surface area (Å²) in [6, 6.07) is 6.77. The summed E-state index contributed by atoms with van der Waals surface area (Å²) in [5.74, 6) is 0.966. The van der Waals surface area contributed by atoms with E-state index >= 15 is 0 Å². The maximum absolute atomic E-state index is 13.3. The Morgan fingerprint density at radius 2 is 1.89 bits per heavy atom. The summed E-state index contributed by atoms with van der Waals surface area (Å²) < 4.78 is 73.5. The fourth-order valence-electron chi connectivity index (χ4n) is 3.03. The lowest BCUT2D eigenvalue weighted by Crippen LogP contribution is -2.21. The minimum atomic E-state index is -4.58. The van der Waals surface area contributed by atoms with E-state index in [1.54, 1.807) is 18.2 Å².